The van der Waals surface area contributed by atoms with E-state index in [1.807, 2.05) is 0 Å². The summed E-state index contributed by atoms with van der Waals surface area (Å²) in [5.74, 6) is 1.45. The van der Waals surface area contributed by atoms with Gasteiger partial charge < -0.3 is 15.4 Å². The van der Waals surface area contributed by atoms with Crippen LogP contribution in [0, 0.1) is 0 Å². The minimum atomic E-state index is 0.119. The summed E-state index contributed by atoms with van der Waals surface area (Å²) in [7, 11) is 0. The molecular weight excluding hydrogens is 230 g/mol. The van der Waals surface area contributed by atoms with Crippen LogP contribution in [-0.4, -0.2) is 21.8 Å². The summed E-state index contributed by atoms with van der Waals surface area (Å²) in [4.78, 5) is 4.36. The van der Waals surface area contributed by atoms with Gasteiger partial charge in [-0.15, -0.1) is 0 Å². The highest BCUT2D eigenvalue weighted by Gasteiger charge is 2.17. The molecule has 2 rings (SSSR count). The van der Waals surface area contributed by atoms with E-state index in [-0.39, 0.29) is 11.7 Å². The highest BCUT2D eigenvalue weighted by atomic mass is 16.5. The van der Waals surface area contributed by atoms with E-state index in [9.17, 15) is 5.11 Å². The van der Waals surface area contributed by atoms with Gasteiger partial charge in [0.2, 0.25) is 11.7 Å². The van der Waals surface area contributed by atoms with Gasteiger partial charge in [-0.25, -0.2) is 0 Å². The van der Waals surface area contributed by atoms with Gasteiger partial charge in [-0.3, -0.25) is 0 Å². The lowest BCUT2D eigenvalue weighted by Crippen LogP contribution is -2.12. The number of hydrogen-bond acceptors (Lipinski definition) is 5. The first-order valence-electron chi connectivity index (χ1n) is 6.07. The summed E-state index contributed by atoms with van der Waals surface area (Å²) in [5.41, 5.74) is 6.51. The zero-order valence-electron chi connectivity index (χ0n) is 10.3. The number of aromatic hydroxyl groups is 1. The fraction of sp³-hybridized carbons (Fsp3) is 0.385. The van der Waals surface area contributed by atoms with Crippen molar-refractivity contribution in [2.45, 2.75) is 25.7 Å². The Balaban J connectivity index is 2.21. The van der Waals surface area contributed by atoms with Crippen molar-refractivity contribution in [3.05, 3.63) is 30.2 Å². The lowest BCUT2D eigenvalue weighted by atomic mass is 10.0. The first-order chi connectivity index (χ1) is 8.74. The van der Waals surface area contributed by atoms with Gasteiger partial charge in [0.15, 0.2) is 0 Å². The molecule has 5 heteroatoms. The minimum Gasteiger partial charge on any atom is -0.508 e. The maximum absolute atomic E-state index is 9.22. The van der Waals surface area contributed by atoms with Gasteiger partial charge in [-0.2, -0.15) is 4.98 Å². The molecule has 2 aromatic rings. The average Bonchev–Trinajstić information content (AvgIpc) is 2.86. The second kappa shape index (κ2) is 5.64. The van der Waals surface area contributed by atoms with Gasteiger partial charge in [-0.05, 0) is 30.7 Å². The predicted octanol–water partition coefficient (Wildman–Crippen LogP) is 2.28. The summed E-state index contributed by atoms with van der Waals surface area (Å²) in [6, 6.07) is 6.69. The van der Waals surface area contributed by atoms with E-state index in [0.29, 0.717) is 18.3 Å². The summed E-state index contributed by atoms with van der Waals surface area (Å²) in [6.45, 7) is 2.60. The van der Waals surface area contributed by atoms with Gasteiger partial charge in [0.05, 0.1) is 5.92 Å². The van der Waals surface area contributed by atoms with E-state index in [1.54, 1.807) is 24.3 Å². The largest absolute Gasteiger partial charge is 0.508 e. The number of nitrogens with two attached hydrogens (primary N) is 1. The molecule has 1 atom stereocenters. The van der Waals surface area contributed by atoms with Crippen molar-refractivity contribution in [2.24, 2.45) is 5.73 Å². The second-order valence-electron chi connectivity index (χ2n) is 4.22. The Morgan fingerprint density at radius 2 is 2.06 bits per heavy atom. The summed E-state index contributed by atoms with van der Waals surface area (Å²) >= 11 is 0. The van der Waals surface area contributed by atoms with Gasteiger partial charge in [0.1, 0.15) is 5.75 Å². The third-order valence-corrected chi connectivity index (χ3v) is 2.84. The molecule has 1 heterocycles. The molecule has 0 saturated heterocycles. The third kappa shape index (κ3) is 2.68. The van der Waals surface area contributed by atoms with E-state index in [0.717, 1.165) is 18.4 Å². The molecule has 96 valence electrons. The Morgan fingerprint density at radius 3 is 2.67 bits per heavy atom. The summed E-state index contributed by atoms with van der Waals surface area (Å²) in [6.07, 6.45) is 1.96. The fourth-order valence-electron chi connectivity index (χ4n) is 1.82. The third-order valence-electron chi connectivity index (χ3n) is 2.84. The Bertz CT molecular complexity index is 493. The SMILES string of the molecule is CCCC(CN)c1nc(-c2ccc(O)cc2)no1. The van der Waals surface area contributed by atoms with Crippen molar-refractivity contribution in [1.29, 1.82) is 0 Å². The number of rotatable bonds is 5. The molecule has 0 bridgehead atoms. The number of benzene rings is 1. The van der Waals surface area contributed by atoms with E-state index in [1.165, 1.54) is 0 Å². The summed E-state index contributed by atoms with van der Waals surface area (Å²) < 4.78 is 5.25. The van der Waals surface area contributed by atoms with Crippen LogP contribution in [0.2, 0.25) is 0 Å². The van der Waals surface area contributed by atoms with E-state index in [2.05, 4.69) is 17.1 Å². The molecule has 0 spiro atoms. The van der Waals surface area contributed by atoms with Gasteiger partial charge in [-0.1, -0.05) is 18.5 Å². The number of hydrogen-bond donors (Lipinski definition) is 2. The fourth-order valence-corrected chi connectivity index (χ4v) is 1.82. The van der Waals surface area contributed by atoms with Crippen molar-refractivity contribution in [3.63, 3.8) is 0 Å². The molecule has 0 saturated carbocycles. The number of phenols is 1. The number of aromatic nitrogens is 2. The molecule has 0 aliphatic heterocycles. The Morgan fingerprint density at radius 1 is 1.33 bits per heavy atom. The molecule has 1 aromatic carbocycles. The van der Waals surface area contributed by atoms with Crippen molar-refractivity contribution in [1.82, 2.24) is 10.1 Å². The normalized spacial score (nSPS) is 12.6. The topological polar surface area (TPSA) is 85.2 Å². The van der Waals surface area contributed by atoms with Crippen molar-refractivity contribution < 1.29 is 9.63 Å². The molecular formula is C13H17N3O2. The number of nitrogens with zero attached hydrogens (tertiary/aromatic N) is 2. The van der Waals surface area contributed by atoms with Crippen LogP contribution in [0.4, 0.5) is 0 Å². The molecule has 1 unspecified atom stereocenters. The first kappa shape index (κ1) is 12.6. The molecule has 3 N–H and O–H groups in total. The molecule has 0 fully saturated rings. The second-order valence-corrected chi connectivity index (χ2v) is 4.22. The van der Waals surface area contributed by atoms with Crippen LogP contribution in [-0.2, 0) is 0 Å². The maximum Gasteiger partial charge on any atom is 0.231 e. The quantitative estimate of drug-likeness (QED) is 0.846. The molecule has 0 aliphatic rings. The smallest absolute Gasteiger partial charge is 0.231 e. The van der Waals surface area contributed by atoms with Crippen molar-refractivity contribution >= 4 is 0 Å². The Hall–Kier alpha value is -1.88. The van der Waals surface area contributed by atoms with Crippen LogP contribution < -0.4 is 5.73 Å². The van der Waals surface area contributed by atoms with Crippen LogP contribution in [0.3, 0.4) is 0 Å². The van der Waals surface area contributed by atoms with E-state index in [4.69, 9.17) is 10.3 Å². The monoisotopic (exact) mass is 247 g/mol. The van der Waals surface area contributed by atoms with Crippen LogP contribution in [0.15, 0.2) is 28.8 Å². The van der Waals surface area contributed by atoms with E-state index < -0.39 is 0 Å². The molecule has 1 aromatic heterocycles. The van der Waals surface area contributed by atoms with Crippen LogP contribution in [0.1, 0.15) is 31.6 Å². The highest BCUT2D eigenvalue weighted by molar-refractivity contribution is 5.55. The minimum absolute atomic E-state index is 0.119. The zero-order chi connectivity index (χ0) is 13.0. The molecule has 0 radical (unpaired) electrons. The Kier molecular flexibility index (Phi) is 3.94. The van der Waals surface area contributed by atoms with Gasteiger partial charge >= 0.3 is 0 Å². The zero-order valence-corrected chi connectivity index (χ0v) is 10.3. The van der Waals surface area contributed by atoms with Crippen molar-refractivity contribution in [2.75, 3.05) is 6.54 Å². The van der Waals surface area contributed by atoms with Gasteiger partial charge in [0.25, 0.3) is 0 Å². The molecule has 18 heavy (non-hydrogen) atoms. The lowest BCUT2D eigenvalue weighted by molar-refractivity contribution is 0.347. The van der Waals surface area contributed by atoms with E-state index >= 15 is 0 Å². The predicted molar refractivity (Wildman–Crippen MR) is 68.1 cm³/mol. The molecule has 0 aliphatic carbocycles. The molecule has 0 amide bonds. The summed E-state index contributed by atoms with van der Waals surface area (Å²) in [5, 5.41) is 13.2. The van der Waals surface area contributed by atoms with Crippen LogP contribution in [0.5, 0.6) is 5.75 Å². The average molecular weight is 247 g/mol. The number of phenolic OH excluding ortho intramolecular Hbond substituents is 1. The standard InChI is InChI=1S/C13H17N3O2/c1-2-3-10(8-14)13-15-12(16-18-13)9-4-6-11(17)7-5-9/h4-7,10,17H,2-3,8,14H2,1H3. The van der Waals surface area contributed by atoms with Crippen LogP contribution >= 0.6 is 0 Å². The Labute approximate surface area is 106 Å². The lowest BCUT2D eigenvalue weighted by Gasteiger charge is -2.06. The van der Waals surface area contributed by atoms with Crippen LogP contribution in [0.25, 0.3) is 11.4 Å². The highest BCUT2D eigenvalue weighted by Crippen LogP contribution is 2.23. The van der Waals surface area contributed by atoms with Crippen molar-refractivity contribution in [3.8, 4) is 17.1 Å². The molecule has 5 nitrogen and oxygen atoms in total. The first-order valence-corrected chi connectivity index (χ1v) is 6.07. The maximum atomic E-state index is 9.22. The van der Waals surface area contributed by atoms with Gasteiger partial charge in [0, 0.05) is 12.1 Å².